The van der Waals surface area contributed by atoms with Crippen LogP contribution in [0.15, 0.2) is 71.7 Å². The first-order chi connectivity index (χ1) is 16.5. The van der Waals surface area contributed by atoms with Gasteiger partial charge in [0.2, 0.25) is 0 Å². The first-order valence-electron chi connectivity index (χ1n) is 12.8. The minimum atomic E-state index is -1.54. The summed E-state index contributed by atoms with van der Waals surface area (Å²) >= 11 is 0. The summed E-state index contributed by atoms with van der Waals surface area (Å²) in [6, 6.07) is 0. The summed E-state index contributed by atoms with van der Waals surface area (Å²) < 4.78 is 55.7. The molecule has 1 fully saturated rings. The van der Waals surface area contributed by atoms with E-state index in [9.17, 15) is 13.2 Å². The number of alkyl halides is 2. The van der Waals surface area contributed by atoms with Crippen LogP contribution >= 0.6 is 0 Å². The predicted octanol–water partition coefficient (Wildman–Crippen LogP) is 7.67. The van der Waals surface area contributed by atoms with E-state index in [2.05, 4.69) is 12.7 Å². The Labute approximate surface area is 202 Å². The molecule has 5 atom stereocenters. The molecule has 2 nitrogen and oxygen atoms in total. The molecule has 0 bridgehead atoms. The molecular formula is C29H37F3O2. The van der Waals surface area contributed by atoms with Gasteiger partial charge in [0, 0.05) is 17.8 Å². The van der Waals surface area contributed by atoms with Crippen molar-refractivity contribution in [1.82, 2.24) is 0 Å². The molecule has 1 saturated heterocycles. The van der Waals surface area contributed by atoms with Crippen LogP contribution in [-0.4, -0.2) is 31.8 Å². The molecule has 4 aliphatic rings. The summed E-state index contributed by atoms with van der Waals surface area (Å²) in [5.41, 5.74) is 2.28. The maximum Gasteiger partial charge on any atom is 0.154 e. The molecule has 5 heteroatoms. The van der Waals surface area contributed by atoms with Crippen molar-refractivity contribution in [3.63, 3.8) is 0 Å². The average molecular weight is 475 g/mol. The van der Waals surface area contributed by atoms with Crippen LogP contribution in [0.1, 0.15) is 51.9 Å². The van der Waals surface area contributed by atoms with Crippen molar-refractivity contribution in [3.8, 4) is 0 Å². The molecule has 1 aliphatic heterocycles. The molecule has 1 heterocycles. The summed E-state index contributed by atoms with van der Waals surface area (Å²) in [4.78, 5) is 0. The number of hydrogen-bond acceptors (Lipinski definition) is 2. The first-order valence-corrected chi connectivity index (χ1v) is 12.8. The third kappa shape index (κ3) is 5.85. The van der Waals surface area contributed by atoms with Gasteiger partial charge in [-0.3, -0.25) is 0 Å². The Morgan fingerprint density at radius 3 is 2.47 bits per heavy atom. The molecule has 34 heavy (non-hydrogen) atoms. The van der Waals surface area contributed by atoms with E-state index in [4.69, 9.17) is 9.47 Å². The molecule has 0 aromatic carbocycles. The van der Waals surface area contributed by atoms with Gasteiger partial charge in [-0.1, -0.05) is 42.9 Å². The predicted molar refractivity (Wildman–Crippen MR) is 130 cm³/mol. The number of hydrogen-bond donors (Lipinski definition) is 0. The van der Waals surface area contributed by atoms with Crippen molar-refractivity contribution in [2.45, 2.75) is 70.5 Å². The zero-order chi connectivity index (χ0) is 24.1. The minimum absolute atomic E-state index is 0.0410. The lowest BCUT2D eigenvalue weighted by Gasteiger charge is -2.33. The van der Waals surface area contributed by atoms with E-state index in [1.165, 1.54) is 0 Å². The van der Waals surface area contributed by atoms with Gasteiger partial charge >= 0.3 is 0 Å². The van der Waals surface area contributed by atoms with Gasteiger partial charge in [0.1, 0.15) is 12.0 Å². The third-order valence-corrected chi connectivity index (χ3v) is 7.64. The second-order valence-corrected chi connectivity index (χ2v) is 9.97. The minimum Gasteiger partial charge on any atom is -0.352 e. The molecule has 5 unspecified atom stereocenters. The van der Waals surface area contributed by atoms with Crippen molar-refractivity contribution < 1.29 is 22.6 Å². The van der Waals surface area contributed by atoms with Crippen LogP contribution in [0.5, 0.6) is 0 Å². The summed E-state index contributed by atoms with van der Waals surface area (Å²) in [5.74, 6) is -0.686. The van der Waals surface area contributed by atoms with E-state index in [1.807, 2.05) is 37.3 Å². The highest BCUT2D eigenvalue weighted by Crippen LogP contribution is 2.40. The second kappa shape index (κ2) is 11.7. The molecule has 0 radical (unpaired) electrons. The molecule has 0 N–H and O–H groups in total. The summed E-state index contributed by atoms with van der Waals surface area (Å²) in [7, 11) is 0. The van der Waals surface area contributed by atoms with Crippen LogP contribution in [0.4, 0.5) is 13.2 Å². The van der Waals surface area contributed by atoms with Crippen molar-refractivity contribution in [2.24, 2.45) is 23.7 Å². The number of halogens is 3. The quantitative estimate of drug-likeness (QED) is 0.265. The average Bonchev–Trinajstić information content (AvgIpc) is 2.85. The van der Waals surface area contributed by atoms with Gasteiger partial charge in [0.15, 0.2) is 12.5 Å². The third-order valence-electron chi connectivity index (χ3n) is 7.64. The lowest BCUT2D eigenvalue weighted by atomic mass is 9.76. The Balaban J connectivity index is 1.32. The Bertz CT molecular complexity index is 876. The van der Waals surface area contributed by atoms with E-state index in [0.717, 1.165) is 31.3 Å². The highest BCUT2D eigenvalue weighted by molar-refractivity contribution is 5.40. The van der Waals surface area contributed by atoms with Gasteiger partial charge in [-0.15, -0.1) is 6.58 Å². The Kier molecular flexibility index (Phi) is 8.70. The zero-order valence-electron chi connectivity index (χ0n) is 20.1. The lowest BCUT2D eigenvalue weighted by Crippen LogP contribution is -2.34. The van der Waals surface area contributed by atoms with Gasteiger partial charge in [0.05, 0.1) is 13.2 Å². The topological polar surface area (TPSA) is 18.5 Å². The fourth-order valence-corrected chi connectivity index (χ4v) is 5.51. The van der Waals surface area contributed by atoms with Crippen LogP contribution in [0.2, 0.25) is 0 Å². The first kappa shape index (κ1) is 25.2. The molecule has 0 amide bonds. The summed E-state index contributed by atoms with van der Waals surface area (Å²) in [6.45, 7) is 6.48. The molecule has 3 aliphatic carbocycles. The van der Waals surface area contributed by atoms with Gasteiger partial charge in [-0.05, 0) is 74.2 Å². The van der Waals surface area contributed by atoms with Crippen molar-refractivity contribution in [2.75, 3.05) is 13.2 Å². The normalized spacial score (nSPS) is 36.3. The summed E-state index contributed by atoms with van der Waals surface area (Å²) in [5, 5.41) is 0. The van der Waals surface area contributed by atoms with E-state index < -0.39 is 12.3 Å². The van der Waals surface area contributed by atoms with E-state index in [-0.39, 0.29) is 35.8 Å². The van der Waals surface area contributed by atoms with Gasteiger partial charge in [-0.25, -0.2) is 13.2 Å². The zero-order valence-corrected chi connectivity index (χ0v) is 20.1. The molecule has 186 valence electrons. The molecule has 0 saturated carbocycles. The maximum atomic E-state index is 15.0. The van der Waals surface area contributed by atoms with Crippen LogP contribution < -0.4 is 0 Å². The standard InChI is InChI=1S/C29H37F3O2/c1-3-4-5-6-7-22-12-15-26(29(32)28(22)31)21-10-8-20(9-11-21)23-13-14-25(27(30)16-23)24-17-33-19(2)34-18-24/h3,8-10,14-16,19,21-24,28-29H,1,4-7,11-13,17-18H2,2H3. The van der Waals surface area contributed by atoms with Gasteiger partial charge in [-0.2, -0.15) is 0 Å². The number of allylic oxidation sites excluding steroid dienone is 10. The molecule has 0 aromatic rings. The van der Waals surface area contributed by atoms with Crippen molar-refractivity contribution in [1.29, 1.82) is 0 Å². The molecule has 4 rings (SSSR count). The smallest absolute Gasteiger partial charge is 0.154 e. The van der Waals surface area contributed by atoms with E-state index in [0.29, 0.717) is 43.6 Å². The van der Waals surface area contributed by atoms with E-state index in [1.54, 1.807) is 6.08 Å². The van der Waals surface area contributed by atoms with Gasteiger partial charge in [0.25, 0.3) is 0 Å². The Hall–Kier alpha value is -1.85. The fourth-order valence-electron chi connectivity index (χ4n) is 5.51. The fraction of sp³-hybridized carbons (Fsp3) is 0.586. The highest BCUT2D eigenvalue weighted by atomic mass is 19.2. The Morgan fingerprint density at radius 1 is 1.03 bits per heavy atom. The van der Waals surface area contributed by atoms with Crippen molar-refractivity contribution >= 4 is 0 Å². The number of rotatable bonds is 8. The van der Waals surface area contributed by atoms with Crippen molar-refractivity contribution in [3.05, 3.63) is 71.7 Å². The Morgan fingerprint density at radius 2 is 1.79 bits per heavy atom. The monoisotopic (exact) mass is 474 g/mol. The van der Waals surface area contributed by atoms with E-state index >= 15 is 0 Å². The van der Waals surface area contributed by atoms with Gasteiger partial charge < -0.3 is 9.47 Å². The summed E-state index contributed by atoms with van der Waals surface area (Å²) in [6.07, 6.45) is 15.7. The lowest BCUT2D eigenvalue weighted by molar-refractivity contribution is -0.183. The molecular weight excluding hydrogens is 437 g/mol. The molecule has 0 aromatic heterocycles. The van der Waals surface area contributed by atoms with Crippen LogP contribution in [0, 0.1) is 23.7 Å². The van der Waals surface area contributed by atoms with Crippen LogP contribution in [0.3, 0.4) is 0 Å². The van der Waals surface area contributed by atoms with Crippen LogP contribution in [0.25, 0.3) is 0 Å². The second-order valence-electron chi connectivity index (χ2n) is 9.97. The molecule has 0 spiro atoms. The van der Waals surface area contributed by atoms with Crippen LogP contribution in [-0.2, 0) is 9.47 Å². The number of ether oxygens (including phenoxy) is 2. The largest absolute Gasteiger partial charge is 0.352 e. The number of unbranched alkanes of at least 4 members (excludes halogenated alkanes) is 2. The SMILES string of the molecule is C=CCCCCC1CC=C(C2C=CC(C3C=C(F)C(C4COC(C)OC4)=CC3)=CC2)C(F)C1F. The maximum absolute atomic E-state index is 15.0. The highest BCUT2D eigenvalue weighted by Gasteiger charge is 2.37.